The highest BCUT2D eigenvalue weighted by molar-refractivity contribution is 7.80. The van der Waals surface area contributed by atoms with Gasteiger partial charge in [0, 0.05) is 37.5 Å². The molecular weight excluding hydrogens is 382 g/mol. The van der Waals surface area contributed by atoms with Crippen molar-refractivity contribution in [1.29, 1.82) is 0 Å². The average molecular weight is 409 g/mol. The second kappa shape index (κ2) is 9.47. The molecule has 0 saturated carbocycles. The van der Waals surface area contributed by atoms with Gasteiger partial charge in [0.05, 0.1) is 12.8 Å². The Bertz CT molecular complexity index is 949. The van der Waals surface area contributed by atoms with Gasteiger partial charge in [-0.05, 0) is 24.1 Å². The highest BCUT2D eigenvalue weighted by Crippen LogP contribution is 2.15. The fraction of sp³-hybridized carbons (Fsp3) is 0.261. The van der Waals surface area contributed by atoms with E-state index in [1.165, 1.54) is 5.56 Å². The molecule has 0 fully saturated rings. The molecule has 3 aromatic rings. The van der Waals surface area contributed by atoms with E-state index in [1.807, 2.05) is 84.5 Å². The Balaban J connectivity index is 1.88. The number of aromatic nitrogens is 1. The Hall–Kier alpha value is -2.99. The quantitative estimate of drug-likeness (QED) is 0.350. The summed E-state index contributed by atoms with van der Waals surface area (Å²) >= 11 is 5.63. The monoisotopic (exact) mass is 408 g/mol. The predicted molar refractivity (Wildman–Crippen MR) is 118 cm³/mol. The highest BCUT2D eigenvalue weighted by atomic mass is 32.1. The second-order valence-electron chi connectivity index (χ2n) is 7.01. The van der Waals surface area contributed by atoms with E-state index in [4.69, 9.17) is 16.6 Å². The number of Topliss-reactive ketones (excluding diaryl/α,β-unsaturated/α-hetero) is 1. The van der Waals surface area contributed by atoms with Crippen molar-refractivity contribution in [3.05, 3.63) is 84.1 Å². The number of thiocarbonyl (C=S) groups is 1. The van der Waals surface area contributed by atoms with Gasteiger partial charge in [0.1, 0.15) is 5.76 Å². The van der Waals surface area contributed by atoms with Crippen molar-refractivity contribution >= 4 is 28.7 Å². The van der Waals surface area contributed by atoms with E-state index in [2.05, 4.69) is 12.2 Å². The minimum atomic E-state index is -0.636. The number of rotatable bonds is 8. The molecule has 0 amide bonds. The van der Waals surface area contributed by atoms with Crippen molar-refractivity contribution in [3.8, 4) is 0 Å². The third kappa shape index (κ3) is 5.09. The zero-order valence-corrected chi connectivity index (χ0v) is 17.8. The fourth-order valence-electron chi connectivity index (χ4n) is 3.04. The first-order valence-electron chi connectivity index (χ1n) is 9.61. The standard InChI is InChI=1S/C23H25N3O2S/c1-4-17-7-9-18(10-8-17)22(27)21(23(29)24-16-20-6-5-15-28-20)26-13-11-19(12-14-26)25(2)3/h5-15,21H,4,16H2,1-3H3/p+1/t21-/m1/s1. The summed E-state index contributed by atoms with van der Waals surface area (Å²) in [6, 6.07) is 14.7. The van der Waals surface area contributed by atoms with Gasteiger partial charge in [0.15, 0.2) is 17.4 Å². The maximum atomic E-state index is 13.4. The lowest BCUT2D eigenvalue weighted by molar-refractivity contribution is -0.692. The molecule has 2 aromatic heterocycles. The molecule has 0 saturated heterocycles. The van der Waals surface area contributed by atoms with Crippen molar-refractivity contribution in [2.45, 2.75) is 25.9 Å². The fourth-order valence-corrected chi connectivity index (χ4v) is 3.34. The summed E-state index contributed by atoms with van der Waals surface area (Å²) in [5.41, 5.74) is 2.88. The van der Waals surface area contributed by atoms with Gasteiger partial charge in [-0.1, -0.05) is 43.4 Å². The summed E-state index contributed by atoms with van der Waals surface area (Å²) in [7, 11) is 3.96. The smallest absolute Gasteiger partial charge is 0.270 e. The van der Waals surface area contributed by atoms with Crippen molar-refractivity contribution in [3.63, 3.8) is 0 Å². The molecule has 0 radical (unpaired) electrons. The molecule has 0 aliphatic carbocycles. The lowest BCUT2D eigenvalue weighted by Crippen LogP contribution is -2.51. The van der Waals surface area contributed by atoms with Crippen LogP contribution in [0.4, 0.5) is 5.69 Å². The number of carbonyl (C=O) groups excluding carboxylic acids is 1. The first kappa shape index (κ1) is 20.7. The minimum absolute atomic E-state index is 0.0489. The molecule has 0 spiro atoms. The van der Waals surface area contributed by atoms with Gasteiger partial charge in [-0.15, -0.1) is 0 Å². The van der Waals surface area contributed by atoms with E-state index < -0.39 is 6.04 Å². The summed E-state index contributed by atoms with van der Waals surface area (Å²) in [6.07, 6.45) is 6.33. The van der Waals surface area contributed by atoms with Crippen LogP contribution in [0.2, 0.25) is 0 Å². The van der Waals surface area contributed by atoms with Crippen molar-refractivity contribution in [2.75, 3.05) is 19.0 Å². The lowest BCUT2D eigenvalue weighted by Gasteiger charge is -2.16. The Morgan fingerprint density at radius 3 is 2.38 bits per heavy atom. The second-order valence-corrected chi connectivity index (χ2v) is 7.45. The molecule has 1 aromatic carbocycles. The molecule has 3 rings (SSSR count). The summed E-state index contributed by atoms with van der Waals surface area (Å²) in [5, 5.41) is 3.18. The number of aryl methyl sites for hydroxylation is 1. The summed E-state index contributed by atoms with van der Waals surface area (Å²) < 4.78 is 7.21. The van der Waals surface area contributed by atoms with E-state index in [1.54, 1.807) is 6.26 Å². The van der Waals surface area contributed by atoms with E-state index in [9.17, 15) is 4.79 Å². The molecule has 2 heterocycles. The number of carbonyl (C=O) groups is 1. The normalized spacial score (nSPS) is 11.7. The highest BCUT2D eigenvalue weighted by Gasteiger charge is 2.33. The molecule has 1 N–H and O–H groups in total. The zero-order valence-electron chi connectivity index (χ0n) is 17.0. The third-order valence-corrected chi connectivity index (χ3v) is 5.18. The number of nitrogens with one attached hydrogen (secondary N) is 1. The first-order chi connectivity index (χ1) is 14.0. The number of hydrogen-bond acceptors (Lipinski definition) is 4. The molecule has 6 heteroatoms. The molecule has 1 atom stereocenters. The van der Waals surface area contributed by atoms with Crippen LogP contribution in [0.3, 0.4) is 0 Å². The minimum Gasteiger partial charge on any atom is -0.467 e. The van der Waals surface area contributed by atoms with E-state index in [-0.39, 0.29) is 5.78 Å². The Kier molecular flexibility index (Phi) is 6.77. The summed E-state index contributed by atoms with van der Waals surface area (Å²) in [5.74, 6) is 0.714. The summed E-state index contributed by atoms with van der Waals surface area (Å²) in [4.78, 5) is 15.8. The van der Waals surface area contributed by atoms with E-state index in [0.717, 1.165) is 17.9 Å². The topological polar surface area (TPSA) is 49.4 Å². The largest absolute Gasteiger partial charge is 0.467 e. The molecule has 0 aliphatic rings. The van der Waals surface area contributed by atoms with Crippen LogP contribution in [-0.4, -0.2) is 24.9 Å². The number of ketones is 1. The van der Waals surface area contributed by atoms with Crippen molar-refractivity contribution < 1.29 is 13.8 Å². The SMILES string of the molecule is CCc1ccc(C(=O)[C@H](C(=S)NCc2ccco2)[n+]2ccc(N(C)C)cc2)cc1. The van der Waals surface area contributed by atoms with Crippen LogP contribution in [0.15, 0.2) is 71.6 Å². The van der Waals surface area contributed by atoms with Gasteiger partial charge in [-0.2, -0.15) is 4.57 Å². The van der Waals surface area contributed by atoms with Crippen LogP contribution in [-0.2, 0) is 13.0 Å². The van der Waals surface area contributed by atoms with Crippen LogP contribution in [0, 0.1) is 0 Å². The average Bonchev–Trinajstić information content (AvgIpc) is 3.26. The molecule has 29 heavy (non-hydrogen) atoms. The molecule has 0 unspecified atom stereocenters. The molecule has 0 aliphatic heterocycles. The molecule has 5 nitrogen and oxygen atoms in total. The lowest BCUT2D eigenvalue weighted by atomic mass is 10.0. The van der Waals surface area contributed by atoms with Crippen molar-refractivity contribution in [1.82, 2.24) is 5.32 Å². The molecule has 150 valence electrons. The predicted octanol–water partition coefficient (Wildman–Crippen LogP) is 3.74. The molecule has 0 bridgehead atoms. The summed E-state index contributed by atoms with van der Waals surface area (Å²) in [6.45, 7) is 2.52. The van der Waals surface area contributed by atoms with Crippen molar-refractivity contribution in [2.24, 2.45) is 0 Å². The number of benzene rings is 1. The third-order valence-electron chi connectivity index (χ3n) is 4.81. The number of pyridine rings is 1. The van der Waals surface area contributed by atoms with Crippen LogP contribution in [0.1, 0.15) is 34.6 Å². The Morgan fingerprint density at radius 2 is 1.83 bits per heavy atom. The number of anilines is 1. The zero-order chi connectivity index (χ0) is 20.8. The van der Waals surface area contributed by atoms with Crippen LogP contribution >= 0.6 is 12.2 Å². The van der Waals surface area contributed by atoms with Crippen LogP contribution in [0.25, 0.3) is 0 Å². The Labute approximate surface area is 177 Å². The molecular formula is C23H26N3O2S+. The van der Waals surface area contributed by atoms with E-state index >= 15 is 0 Å². The van der Waals surface area contributed by atoms with Gasteiger partial charge in [-0.25, -0.2) is 0 Å². The van der Waals surface area contributed by atoms with E-state index in [0.29, 0.717) is 17.1 Å². The maximum Gasteiger partial charge on any atom is 0.270 e. The number of hydrogen-bond donors (Lipinski definition) is 1. The number of furan rings is 1. The Morgan fingerprint density at radius 1 is 1.14 bits per heavy atom. The van der Waals surface area contributed by atoms with Gasteiger partial charge in [0.2, 0.25) is 5.78 Å². The van der Waals surface area contributed by atoms with Gasteiger partial charge < -0.3 is 14.6 Å². The van der Waals surface area contributed by atoms with Crippen LogP contribution < -0.4 is 14.8 Å². The van der Waals surface area contributed by atoms with Crippen LogP contribution in [0.5, 0.6) is 0 Å². The van der Waals surface area contributed by atoms with Gasteiger partial charge in [-0.3, -0.25) is 4.79 Å². The first-order valence-corrected chi connectivity index (χ1v) is 10.0. The van der Waals surface area contributed by atoms with Gasteiger partial charge in [0.25, 0.3) is 6.04 Å². The number of nitrogens with zero attached hydrogens (tertiary/aromatic N) is 2. The van der Waals surface area contributed by atoms with Gasteiger partial charge >= 0.3 is 0 Å². The maximum absolute atomic E-state index is 13.4.